The van der Waals surface area contributed by atoms with Crippen LogP contribution in [-0.2, 0) is 32.0 Å². The fourth-order valence-corrected chi connectivity index (χ4v) is 4.51. The van der Waals surface area contributed by atoms with Crippen LogP contribution in [0.5, 0.6) is 0 Å². The Balaban J connectivity index is 2.10. The molecule has 2 aromatic rings. The van der Waals surface area contributed by atoms with Crippen molar-refractivity contribution >= 4 is 35.5 Å². The highest BCUT2D eigenvalue weighted by Crippen LogP contribution is 2.10. The number of nitrogens with one attached hydrogen (secondary N) is 3. The maximum atomic E-state index is 13.3. The lowest BCUT2D eigenvalue weighted by molar-refractivity contribution is -0.142. The third kappa shape index (κ3) is 11.5. The summed E-state index contributed by atoms with van der Waals surface area (Å²) in [5.74, 6) is -2.08. The molecule has 0 saturated heterocycles. The summed E-state index contributed by atoms with van der Waals surface area (Å²) >= 11 is 1.50. The van der Waals surface area contributed by atoms with Crippen molar-refractivity contribution < 1.29 is 24.3 Å². The summed E-state index contributed by atoms with van der Waals surface area (Å²) in [6, 6.07) is 14.5. The monoisotopic (exact) mass is 556 g/mol. The molecule has 0 spiro atoms. The molecule has 4 atom stereocenters. The zero-order valence-electron chi connectivity index (χ0n) is 22.8. The summed E-state index contributed by atoms with van der Waals surface area (Å²) in [5.41, 5.74) is 7.79. The molecule has 3 amide bonds. The molecule has 6 N–H and O–H groups in total. The SMILES string of the molecule is CSCC[C@H](NC(=O)[C@H](CC(C)C)NC(=O)[C@@H](N)Cc1ccccc1)C(=O)N[C@@H](Cc1ccccc1)C(=O)O. The van der Waals surface area contributed by atoms with Crippen molar-refractivity contribution in [1.82, 2.24) is 16.0 Å². The van der Waals surface area contributed by atoms with E-state index in [-0.39, 0.29) is 12.3 Å². The molecule has 0 radical (unpaired) electrons. The van der Waals surface area contributed by atoms with Gasteiger partial charge in [0.2, 0.25) is 17.7 Å². The van der Waals surface area contributed by atoms with Crippen LogP contribution >= 0.6 is 11.8 Å². The van der Waals surface area contributed by atoms with Crippen LogP contribution < -0.4 is 21.7 Å². The number of rotatable bonds is 16. The zero-order chi connectivity index (χ0) is 28.8. The summed E-state index contributed by atoms with van der Waals surface area (Å²) in [7, 11) is 0. The van der Waals surface area contributed by atoms with Gasteiger partial charge in [-0.2, -0.15) is 11.8 Å². The Hall–Kier alpha value is -3.37. The van der Waals surface area contributed by atoms with Crippen LogP contribution in [-0.4, -0.2) is 65.0 Å². The molecule has 0 bridgehead atoms. The lowest BCUT2D eigenvalue weighted by Crippen LogP contribution is -2.57. The Kier molecular flexibility index (Phi) is 13.5. The van der Waals surface area contributed by atoms with E-state index in [1.54, 1.807) is 24.3 Å². The standard InChI is InChI=1S/C29H40N4O5S/c1-19(2)16-24(32-26(34)22(30)17-20-10-6-4-7-11-20)28(36)31-23(14-15-39-3)27(35)33-25(29(37)38)18-21-12-8-5-9-13-21/h4-13,19,22-25H,14-18,30H2,1-3H3,(H,31,36)(H,32,34)(H,33,35)(H,37,38)/t22-,23-,24-,25-/m0/s1. The lowest BCUT2D eigenvalue weighted by Gasteiger charge is -2.26. The van der Waals surface area contributed by atoms with Crippen molar-refractivity contribution in [3.63, 3.8) is 0 Å². The molecule has 0 aliphatic rings. The molecule has 0 aliphatic carbocycles. The van der Waals surface area contributed by atoms with Gasteiger partial charge in [0.25, 0.3) is 0 Å². The largest absolute Gasteiger partial charge is 0.480 e. The van der Waals surface area contributed by atoms with Crippen LogP contribution in [0.1, 0.15) is 37.8 Å². The Morgan fingerprint density at radius 1 is 0.769 bits per heavy atom. The van der Waals surface area contributed by atoms with Gasteiger partial charge in [0.1, 0.15) is 18.1 Å². The van der Waals surface area contributed by atoms with Crippen LogP contribution in [0.4, 0.5) is 0 Å². The highest BCUT2D eigenvalue weighted by molar-refractivity contribution is 7.98. The van der Waals surface area contributed by atoms with E-state index in [1.165, 1.54) is 11.8 Å². The van der Waals surface area contributed by atoms with E-state index in [0.717, 1.165) is 11.1 Å². The molecule has 10 heteroatoms. The first-order chi connectivity index (χ1) is 18.6. The first-order valence-electron chi connectivity index (χ1n) is 13.1. The molecular weight excluding hydrogens is 516 g/mol. The van der Waals surface area contributed by atoms with E-state index in [2.05, 4.69) is 16.0 Å². The van der Waals surface area contributed by atoms with Gasteiger partial charge < -0.3 is 26.8 Å². The quantitative estimate of drug-likeness (QED) is 0.213. The predicted octanol–water partition coefficient (Wildman–Crippen LogP) is 2.14. The van der Waals surface area contributed by atoms with Crippen molar-refractivity contribution in [1.29, 1.82) is 0 Å². The predicted molar refractivity (Wildman–Crippen MR) is 154 cm³/mol. The number of carboxylic acid groups (broad SMARTS) is 1. The third-order valence-corrected chi connectivity index (χ3v) is 6.76. The lowest BCUT2D eigenvalue weighted by atomic mass is 10.0. The number of hydrogen-bond donors (Lipinski definition) is 5. The van der Waals surface area contributed by atoms with Crippen LogP contribution in [0, 0.1) is 5.92 Å². The molecule has 0 aromatic heterocycles. The highest BCUT2D eigenvalue weighted by Gasteiger charge is 2.30. The molecule has 2 aromatic carbocycles. The van der Waals surface area contributed by atoms with Crippen LogP contribution in [0.15, 0.2) is 60.7 Å². The van der Waals surface area contributed by atoms with E-state index < -0.39 is 47.9 Å². The maximum absolute atomic E-state index is 13.3. The van der Waals surface area contributed by atoms with E-state index in [0.29, 0.717) is 25.0 Å². The average Bonchev–Trinajstić information content (AvgIpc) is 2.90. The first-order valence-corrected chi connectivity index (χ1v) is 14.5. The summed E-state index contributed by atoms with van der Waals surface area (Å²) < 4.78 is 0. The van der Waals surface area contributed by atoms with Crippen molar-refractivity contribution in [3.05, 3.63) is 71.8 Å². The average molecular weight is 557 g/mol. The van der Waals surface area contributed by atoms with Crippen molar-refractivity contribution in [2.75, 3.05) is 12.0 Å². The van der Waals surface area contributed by atoms with Gasteiger partial charge in [0.15, 0.2) is 0 Å². The van der Waals surface area contributed by atoms with Gasteiger partial charge in [-0.3, -0.25) is 14.4 Å². The van der Waals surface area contributed by atoms with Gasteiger partial charge >= 0.3 is 5.97 Å². The zero-order valence-corrected chi connectivity index (χ0v) is 23.6. The minimum Gasteiger partial charge on any atom is -0.480 e. The van der Waals surface area contributed by atoms with E-state index in [9.17, 15) is 24.3 Å². The molecule has 0 aliphatic heterocycles. The van der Waals surface area contributed by atoms with Gasteiger partial charge in [-0.15, -0.1) is 0 Å². The van der Waals surface area contributed by atoms with Gasteiger partial charge in [0.05, 0.1) is 6.04 Å². The fourth-order valence-electron chi connectivity index (χ4n) is 4.04. The van der Waals surface area contributed by atoms with Crippen LogP contribution in [0.3, 0.4) is 0 Å². The van der Waals surface area contributed by atoms with Crippen molar-refractivity contribution in [3.8, 4) is 0 Å². The second-order valence-corrected chi connectivity index (χ2v) is 10.9. The molecule has 212 valence electrons. The molecule has 0 unspecified atom stereocenters. The topological polar surface area (TPSA) is 151 Å². The fraction of sp³-hybridized carbons (Fsp3) is 0.448. The smallest absolute Gasteiger partial charge is 0.326 e. The van der Waals surface area contributed by atoms with Gasteiger partial charge in [-0.05, 0) is 48.3 Å². The molecule has 0 fully saturated rings. The number of carboxylic acids is 1. The Morgan fingerprint density at radius 3 is 1.77 bits per heavy atom. The first kappa shape index (κ1) is 31.8. The Bertz CT molecular complexity index is 1070. The molecular formula is C29H40N4O5S. The normalized spacial score (nSPS) is 14.1. The number of carbonyl (C=O) groups is 4. The summed E-state index contributed by atoms with van der Waals surface area (Å²) in [6.45, 7) is 3.85. The van der Waals surface area contributed by atoms with Crippen molar-refractivity contribution in [2.45, 2.75) is 63.7 Å². The Morgan fingerprint density at radius 2 is 1.26 bits per heavy atom. The minimum atomic E-state index is -1.17. The molecule has 9 nitrogen and oxygen atoms in total. The van der Waals surface area contributed by atoms with Gasteiger partial charge in [-0.25, -0.2) is 4.79 Å². The van der Waals surface area contributed by atoms with E-state index in [1.807, 2.05) is 56.5 Å². The van der Waals surface area contributed by atoms with Gasteiger partial charge in [0, 0.05) is 6.42 Å². The highest BCUT2D eigenvalue weighted by atomic mass is 32.2. The second-order valence-electron chi connectivity index (χ2n) is 9.92. The van der Waals surface area contributed by atoms with Crippen LogP contribution in [0.25, 0.3) is 0 Å². The maximum Gasteiger partial charge on any atom is 0.326 e. The number of carbonyl (C=O) groups excluding carboxylic acids is 3. The summed E-state index contributed by atoms with van der Waals surface area (Å²) in [4.78, 5) is 51.2. The number of amides is 3. The van der Waals surface area contributed by atoms with E-state index in [4.69, 9.17) is 5.73 Å². The van der Waals surface area contributed by atoms with Gasteiger partial charge in [-0.1, -0.05) is 74.5 Å². The molecule has 39 heavy (non-hydrogen) atoms. The number of nitrogens with two attached hydrogens (primary N) is 1. The number of hydrogen-bond acceptors (Lipinski definition) is 6. The molecule has 0 saturated carbocycles. The molecule has 0 heterocycles. The summed E-state index contributed by atoms with van der Waals surface area (Å²) in [5, 5.41) is 17.8. The summed E-state index contributed by atoms with van der Waals surface area (Å²) in [6.07, 6.45) is 2.95. The molecule has 2 rings (SSSR count). The Labute approximate surface area is 234 Å². The van der Waals surface area contributed by atoms with Crippen LogP contribution in [0.2, 0.25) is 0 Å². The third-order valence-electron chi connectivity index (χ3n) is 6.12. The second kappa shape index (κ2) is 16.6. The van der Waals surface area contributed by atoms with Crippen molar-refractivity contribution in [2.24, 2.45) is 11.7 Å². The van der Waals surface area contributed by atoms with E-state index >= 15 is 0 Å². The minimum absolute atomic E-state index is 0.0761. The number of benzene rings is 2. The number of thioether (sulfide) groups is 1. The number of aliphatic carboxylic acids is 1.